The summed E-state index contributed by atoms with van der Waals surface area (Å²) in [6.45, 7) is 3.92. The van der Waals surface area contributed by atoms with Crippen LogP contribution in [0.25, 0.3) is 10.6 Å². The molecule has 5 heteroatoms. The van der Waals surface area contributed by atoms with E-state index in [1.165, 1.54) is 0 Å². The Hall–Kier alpha value is -0.610. The van der Waals surface area contributed by atoms with Crippen molar-refractivity contribution in [3.8, 4) is 10.6 Å². The first-order chi connectivity index (χ1) is 7.97. The molecule has 1 aromatic heterocycles. The van der Waals surface area contributed by atoms with E-state index in [2.05, 4.69) is 4.98 Å². The van der Waals surface area contributed by atoms with Gasteiger partial charge in [0.15, 0.2) is 0 Å². The molecule has 0 aliphatic carbocycles. The van der Waals surface area contributed by atoms with Crippen LogP contribution in [0.1, 0.15) is 23.5 Å². The molecule has 2 N–H and O–H groups in total. The summed E-state index contributed by atoms with van der Waals surface area (Å²) in [6.07, 6.45) is 0. The lowest BCUT2D eigenvalue weighted by molar-refractivity contribution is 0.825. The smallest absolute Gasteiger partial charge is 0.124 e. The molecule has 0 bridgehead atoms. The molecule has 0 saturated heterocycles. The van der Waals surface area contributed by atoms with E-state index >= 15 is 0 Å². The summed E-state index contributed by atoms with van der Waals surface area (Å²) in [5.74, 6) is 0. The zero-order chi connectivity index (χ0) is 12.6. The molecule has 0 aliphatic rings. The van der Waals surface area contributed by atoms with Gasteiger partial charge in [-0.05, 0) is 32.0 Å². The van der Waals surface area contributed by atoms with Crippen molar-refractivity contribution >= 4 is 34.5 Å². The Bertz CT molecular complexity index is 529. The fourth-order valence-corrected chi connectivity index (χ4v) is 3.16. The van der Waals surface area contributed by atoms with Gasteiger partial charge in [-0.2, -0.15) is 0 Å². The molecule has 2 rings (SSSR count). The second-order valence-electron chi connectivity index (χ2n) is 3.92. The highest BCUT2D eigenvalue weighted by Gasteiger charge is 2.13. The normalized spacial score (nSPS) is 12.8. The third kappa shape index (κ3) is 2.80. The Labute approximate surface area is 114 Å². The predicted octanol–water partition coefficient (Wildman–Crippen LogP) is 4.45. The van der Waals surface area contributed by atoms with Crippen LogP contribution in [0, 0.1) is 6.92 Å². The van der Waals surface area contributed by atoms with Crippen LogP contribution >= 0.6 is 34.5 Å². The molecular weight excluding hydrogens is 275 g/mol. The number of hydrogen-bond acceptors (Lipinski definition) is 3. The monoisotopic (exact) mass is 286 g/mol. The van der Waals surface area contributed by atoms with Gasteiger partial charge in [0.05, 0.1) is 5.69 Å². The van der Waals surface area contributed by atoms with E-state index in [-0.39, 0.29) is 6.04 Å². The van der Waals surface area contributed by atoms with E-state index in [4.69, 9.17) is 28.9 Å². The Balaban J connectivity index is 2.49. The summed E-state index contributed by atoms with van der Waals surface area (Å²) in [5, 5.41) is 2.13. The molecule has 17 heavy (non-hydrogen) atoms. The minimum Gasteiger partial charge on any atom is -0.323 e. The van der Waals surface area contributed by atoms with Crippen molar-refractivity contribution in [3.05, 3.63) is 38.8 Å². The minimum atomic E-state index is -0.00379. The van der Waals surface area contributed by atoms with Gasteiger partial charge in [-0.1, -0.05) is 23.2 Å². The van der Waals surface area contributed by atoms with E-state index in [9.17, 15) is 0 Å². The number of halogens is 2. The van der Waals surface area contributed by atoms with Gasteiger partial charge in [0.2, 0.25) is 0 Å². The van der Waals surface area contributed by atoms with Crippen molar-refractivity contribution < 1.29 is 0 Å². The van der Waals surface area contributed by atoms with E-state index in [0.717, 1.165) is 21.1 Å². The lowest BCUT2D eigenvalue weighted by Gasteiger charge is -2.00. The maximum Gasteiger partial charge on any atom is 0.124 e. The highest BCUT2D eigenvalue weighted by molar-refractivity contribution is 7.15. The first-order valence-electron chi connectivity index (χ1n) is 5.16. The molecule has 1 aromatic carbocycles. The lowest BCUT2D eigenvalue weighted by Crippen LogP contribution is -2.03. The number of hydrogen-bond donors (Lipinski definition) is 1. The van der Waals surface area contributed by atoms with Crippen LogP contribution in [-0.4, -0.2) is 4.98 Å². The number of aryl methyl sites for hydroxylation is 1. The SMILES string of the molecule is Cc1nc(-c2cc(Cl)cc(Cl)c2)sc1C(C)N. The second-order valence-corrected chi connectivity index (χ2v) is 5.82. The van der Waals surface area contributed by atoms with Gasteiger partial charge in [-0.3, -0.25) is 0 Å². The molecule has 0 saturated carbocycles. The lowest BCUT2D eigenvalue weighted by atomic mass is 10.2. The number of thiazole rings is 1. The largest absolute Gasteiger partial charge is 0.323 e. The van der Waals surface area contributed by atoms with Crippen LogP contribution in [0.15, 0.2) is 18.2 Å². The summed E-state index contributed by atoms with van der Waals surface area (Å²) in [5.41, 5.74) is 7.79. The first kappa shape index (κ1) is 12.8. The fourth-order valence-electron chi connectivity index (χ4n) is 1.63. The second kappa shape index (κ2) is 4.94. The Morgan fingerprint density at radius 3 is 2.29 bits per heavy atom. The molecule has 0 aliphatic heterocycles. The summed E-state index contributed by atoms with van der Waals surface area (Å²) in [4.78, 5) is 5.60. The van der Waals surface area contributed by atoms with Crippen LogP contribution in [-0.2, 0) is 0 Å². The van der Waals surface area contributed by atoms with E-state index in [1.807, 2.05) is 26.0 Å². The Kier molecular flexibility index (Phi) is 3.73. The zero-order valence-corrected chi connectivity index (χ0v) is 11.8. The average Bonchev–Trinajstić information content (AvgIpc) is 2.59. The van der Waals surface area contributed by atoms with Crippen molar-refractivity contribution in [1.82, 2.24) is 4.98 Å². The van der Waals surface area contributed by atoms with Crippen molar-refractivity contribution in [3.63, 3.8) is 0 Å². The molecule has 2 nitrogen and oxygen atoms in total. The van der Waals surface area contributed by atoms with E-state index < -0.39 is 0 Å². The fraction of sp³-hybridized carbons (Fsp3) is 0.250. The average molecular weight is 287 g/mol. The molecule has 0 fully saturated rings. The minimum absolute atomic E-state index is 0.00379. The Morgan fingerprint density at radius 2 is 1.82 bits per heavy atom. The standard InChI is InChI=1S/C12H12Cl2N2S/c1-6(15)11-7(2)16-12(17-11)8-3-9(13)5-10(14)4-8/h3-6H,15H2,1-2H3. The van der Waals surface area contributed by atoms with Crippen molar-refractivity contribution in [1.29, 1.82) is 0 Å². The van der Waals surface area contributed by atoms with Crippen molar-refractivity contribution in [2.45, 2.75) is 19.9 Å². The van der Waals surface area contributed by atoms with Gasteiger partial charge < -0.3 is 5.73 Å². The summed E-state index contributed by atoms with van der Waals surface area (Å²) in [6, 6.07) is 5.42. The van der Waals surface area contributed by atoms with E-state index in [0.29, 0.717) is 10.0 Å². The molecule has 1 unspecified atom stereocenters. The van der Waals surface area contributed by atoms with Crippen molar-refractivity contribution in [2.75, 3.05) is 0 Å². The number of nitrogens with two attached hydrogens (primary N) is 1. The summed E-state index contributed by atoms with van der Waals surface area (Å²) in [7, 11) is 0. The first-order valence-corrected chi connectivity index (χ1v) is 6.74. The quantitative estimate of drug-likeness (QED) is 0.886. The summed E-state index contributed by atoms with van der Waals surface area (Å²) < 4.78 is 0. The van der Waals surface area contributed by atoms with Crippen LogP contribution in [0.3, 0.4) is 0 Å². The van der Waals surface area contributed by atoms with Gasteiger partial charge in [-0.15, -0.1) is 11.3 Å². The molecular formula is C12H12Cl2N2S. The van der Waals surface area contributed by atoms with Crippen LogP contribution < -0.4 is 5.73 Å². The maximum atomic E-state index is 5.98. The van der Waals surface area contributed by atoms with Gasteiger partial charge in [0.25, 0.3) is 0 Å². The van der Waals surface area contributed by atoms with Gasteiger partial charge in [-0.25, -0.2) is 4.98 Å². The summed E-state index contributed by atoms with van der Waals surface area (Å²) >= 11 is 13.5. The molecule has 2 aromatic rings. The highest BCUT2D eigenvalue weighted by atomic mass is 35.5. The number of benzene rings is 1. The third-order valence-corrected chi connectivity index (χ3v) is 4.20. The number of nitrogens with zero attached hydrogens (tertiary/aromatic N) is 1. The zero-order valence-electron chi connectivity index (χ0n) is 9.50. The number of aromatic nitrogens is 1. The van der Waals surface area contributed by atoms with Crippen molar-refractivity contribution in [2.24, 2.45) is 5.73 Å². The maximum absolute atomic E-state index is 5.98. The van der Waals surface area contributed by atoms with Gasteiger partial charge in [0, 0.05) is 26.5 Å². The van der Waals surface area contributed by atoms with Crippen LogP contribution in [0.5, 0.6) is 0 Å². The van der Waals surface area contributed by atoms with Gasteiger partial charge >= 0.3 is 0 Å². The molecule has 1 atom stereocenters. The van der Waals surface area contributed by atoms with Crippen LogP contribution in [0.4, 0.5) is 0 Å². The predicted molar refractivity (Wildman–Crippen MR) is 74.9 cm³/mol. The molecule has 0 spiro atoms. The molecule has 0 amide bonds. The van der Waals surface area contributed by atoms with Gasteiger partial charge in [0.1, 0.15) is 5.01 Å². The molecule has 0 radical (unpaired) electrons. The highest BCUT2D eigenvalue weighted by Crippen LogP contribution is 2.33. The Morgan fingerprint density at radius 1 is 1.24 bits per heavy atom. The van der Waals surface area contributed by atoms with Crippen LogP contribution in [0.2, 0.25) is 10.0 Å². The number of rotatable bonds is 2. The third-order valence-electron chi connectivity index (χ3n) is 2.36. The van der Waals surface area contributed by atoms with E-state index in [1.54, 1.807) is 17.4 Å². The molecule has 1 heterocycles. The topological polar surface area (TPSA) is 38.9 Å². The molecule has 90 valence electrons.